The van der Waals surface area contributed by atoms with Gasteiger partial charge in [-0.1, -0.05) is 24.9 Å². The van der Waals surface area contributed by atoms with Crippen LogP contribution >= 0.6 is 11.6 Å². The number of carbonyl (C=O) groups is 2. The van der Waals surface area contributed by atoms with E-state index < -0.39 is 11.4 Å². The lowest BCUT2D eigenvalue weighted by atomic mass is 9.76. The maximum Gasteiger partial charge on any atom is 0.311 e. The van der Waals surface area contributed by atoms with Gasteiger partial charge in [-0.05, 0) is 26.2 Å². The second kappa shape index (κ2) is 6.28. The lowest BCUT2D eigenvalue weighted by Crippen LogP contribution is -2.50. The zero-order valence-corrected chi connectivity index (χ0v) is 14.0. The largest absolute Gasteiger partial charge is 0.481 e. The maximum absolute atomic E-state index is 12.7. The van der Waals surface area contributed by atoms with Crippen LogP contribution in [0.5, 0.6) is 0 Å². The van der Waals surface area contributed by atoms with E-state index in [1.807, 2.05) is 6.92 Å². The number of aliphatic carboxylic acids is 1. The van der Waals surface area contributed by atoms with E-state index >= 15 is 0 Å². The molecule has 1 aliphatic heterocycles. The van der Waals surface area contributed by atoms with Crippen LogP contribution in [0.1, 0.15) is 48.8 Å². The zero-order valence-electron chi connectivity index (χ0n) is 13.2. The van der Waals surface area contributed by atoms with Gasteiger partial charge in [-0.2, -0.15) is 5.10 Å². The van der Waals surface area contributed by atoms with Crippen molar-refractivity contribution < 1.29 is 14.7 Å². The number of carboxylic acids is 1. The minimum atomic E-state index is -0.848. The van der Waals surface area contributed by atoms with Gasteiger partial charge in [0.25, 0.3) is 5.91 Å². The number of hydrogen-bond acceptors (Lipinski definition) is 3. The Balaban J connectivity index is 2.26. The summed E-state index contributed by atoms with van der Waals surface area (Å²) in [5.41, 5.74) is 0.0818. The van der Waals surface area contributed by atoms with E-state index in [1.165, 1.54) is 0 Å². The highest BCUT2D eigenvalue weighted by molar-refractivity contribution is 6.34. The van der Waals surface area contributed by atoms with Crippen LogP contribution in [0.3, 0.4) is 0 Å². The third-order valence-electron chi connectivity index (χ3n) is 4.51. The van der Waals surface area contributed by atoms with Gasteiger partial charge >= 0.3 is 5.97 Å². The fourth-order valence-electron chi connectivity index (χ4n) is 3.14. The van der Waals surface area contributed by atoms with Crippen LogP contribution in [0.4, 0.5) is 0 Å². The van der Waals surface area contributed by atoms with Crippen molar-refractivity contribution >= 4 is 23.5 Å². The van der Waals surface area contributed by atoms with Crippen molar-refractivity contribution in [1.29, 1.82) is 0 Å². The van der Waals surface area contributed by atoms with E-state index in [0.717, 1.165) is 12.1 Å². The Morgan fingerprint density at radius 2 is 2.14 bits per heavy atom. The number of likely N-dealkylation sites (tertiary alicyclic amines) is 1. The monoisotopic (exact) mass is 327 g/mol. The van der Waals surface area contributed by atoms with Gasteiger partial charge in [-0.15, -0.1) is 0 Å². The van der Waals surface area contributed by atoms with Crippen LogP contribution < -0.4 is 0 Å². The van der Waals surface area contributed by atoms with Gasteiger partial charge in [-0.3, -0.25) is 14.3 Å². The summed E-state index contributed by atoms with van der Waals surface area (Å²) >= 11 is 6.18. The average Bonchev–Trinajstić information content (AvgIpc) is 2.74. The predicted molar refractivity (Wildman–Crippen MR) is 83.1 cm³/mol. The van der Waals surface area contributed by atoms with Crippen LogP contribution in [0.2, 0.25) is 5.02 Å². The lowest BCUT2D eigenvalue weighted by molar-refractivity contribution is -0.152. The summed E-state index contributed by atoms with van der Waals surface area (Å²) in [6.45, 7) is 4.52. The molecule has 1 aromatic rings. The van der Waals surface area contributed by atoms with Gasteiger partial charge in [0.2, 0.25) is 0 Å². The van der Waals surface area contributed by atoms with Crippen LogP contribution in [-0.4, -0.2) is 44.8 Å². The Morgan fingerprint density at radius 1 is 1.45 bits per heavy atom. The molecule has 2 rings (SSSR count). The Morgan fingerprint density at radius 3 is 2.64 bits per heavy atom. The summed E-state index contributed by atoms with van der Waals surface area (Å²) in [7, 11) is 1.73. The quantitative estimate of drug-likeness (QED) is 0.921. The summed E-state index contributed by atoms with van der Waals surface area (Å²) in [4.78, 5) is 26.0. The molecule has 1 aliphatic rings. The molecule has 1 saturated heterocycles. The maximum atomic E-state index is 12.7. The molecule has 0 saturated carbocycles. The second-order valence-corrected chi connectivity index (χ2v) is 6.42. The number of hydrogen-bond donors (Lipinski definition) is 1. The topological polar surface area (TPSA) is 75.4 Å². The van der Waals surface area contributed by atoms with E-state index in [1.54, 1.807) is 23.6 Å². The summed E-state index contributed by atoms with van der Waals surface area (Å²) < 4.78 is 1.57. The van der Waals surface area contributed by atoms with Gasteiger partial charge in [0.1, 0.15) is 0 Å². The number of piperidine rings is 1. The third kappa shape index (κ3) is 2.84. The average molecular weight is 328 g/mol. The molecule has 0 spiro atoms. The smallest absolute Gasteiger partial charge is 0.311 e. The van der Waals surface area contributed by atoms with Gasteiger partial charge in [0, 0.05) is 20.1 Å². The molecule has 0 aliphatic carbocycles. The molecule has 0 unspecified atom stereocenters. The molecule has 22 heavy (non-hydrogen) atoms. The summed E-state index contributed by atoms with van der Waals surface area (Å²) in [5.74, 6) is -1.11. The molecule has 122 valence electrons. The molecule has 1 amide bonds. The van der Waals surface area contributed by atoms with E-state index in [4.69, 9.17) is 11.6 Å². The molecule has 1 atom stereocenters. The van der Waals surface area contributed by atoms with Crippen molar-refractivity contribution in [3.8, 4) is 0 Å². The minimum Gasteiger partial charge on any atom is -0.481 e. The van der Waals surface area contributed by atoms with Crippen molar-refractivity contribution in [2.75, 3.05) is 13.1 Å². The number of rotatable bonds is 4. The number of carboxylic acid groups (broad SMARTS) is 1. The van der Waals surface area contributed by atoms with Gasteiger partial charge in [0.15, 0.2) is 5.69 Å². The fraction of sp³-hybridized carbons (Fsp3) is 0.667. The first-order valence-corrected chi connectivity index (χ1v) is 7.92. The Bertz CT molecular complexity index is 595. The highest BCUT2D eigenvalue weighted by Crippen LogP contribution is 2.36. The third-order valence-corrected chi connectivity index (χ3v) is 4.96. The van der Waals surface area contributed by atoms with E-state index in [2.05, 4.69) is 5.10 Å². The molecule has 1 fully saturated rings. The lowest BCUT2D eigenvalue weighted by Gasteiger charge is -2.39. The van der Waals surface area contributed by atoms with Crippen molar-refractivity contribution in [3.05, 3.63) is 16.4 Å². The molecule has 2 heterocycles. The zero-order chi connectivity index (χ0) is 16.5. The summed E-state index contributed by atoms with van der Waals surface area (Å²) in [6.07, 6.45) is 2.63. The van der Waals surface area contributed by atoms with Crippen LogP contribution in [0, 0.1) is 12.3 Å². The fourth-order valence-corrected chi connectivity index (χ4v) is 3.38. The highest BCUT2D eigenvalue weighted by Gasteiger charge is 2.43. The van der Waals surface area contributed by atoms with Gasteiger partial charge in [-0.25, -0.2) is 0 Å². The number of halogens is 1. The predicted octanol–water partition coefficient (Wildman–Crippen LogP) is 2.49. The van der Waals surface area contributed by atoms with Crippen LogP contribution in [-0.2, 0) is 11.8 Å². The number of amides is 1. The molecule has 7 heteroatoms. The minimum absolute atomic E-state index is 0.208. The van der Waals surface area contributed by atoms with E-state index in [-0.39, 0.29) is 18.1 Å². The number of aromatic nitrogens is 2. The number of carbonyl (C=O) groups excluding carboxylic acids is 1. The molecule has 0 aromatic carbocycles. The SMILES string of the molecule is CCC[C@]1(C(=O)O)CCCN(C(=O)c2nn(C)c(C)c2Cl)C1. The van der Waals surface area contributed by atoms with Crippen molar-refractivity contribution in [2.45, 2.75) is 39.5 Å². The molecular weight excluding hydrogens is 306 g/mol. The van der Waals surface area contributed by atoms with E-state index in [0.29, 0.717) is 30.8 Å². The molecule has 0 radical (unpaired) electrons. The van der Waals surface area contributed by atoms with E-state index in [9.17, 15) is 14.7 Å². The van der Waals surface area contributed by atoms with Crippen molar-refractivity contribution in [2.24, 2.45) is 12.5 Å². The molecule has 6 nitrogen and oxygen atoms in total. The summed E-state index contributed by atoms with van der Waals surface area (Å²) in [5, 5.41) is 14.1. The molecule has 0 bridgehead atoms. The van der Waals surface area contributed by atoms with Crippen molar-refractivity contribution in [3.63, 3.8) is 0 Å². The Hall–Kier alpha value is -1.56. The number of nitrogens with zero attached hydrogens (tertiary/aromatic N) is 3. The molecular formula is C15H22ClN3O3. The number of aryl methyl sites for hydroxylation is 1. The Kier molecular flexibility index (Phi) is 4.80. The van der Waals surface area contributed by atoms with Gasteiger partial charge < -0.3 is 10.0 Å². The first kappa shape index (κ1) is 16.8. The highest BCUT2D eigenvalue weighted by atomic mass is 35.5. The van der Waals surface area contributed by atoms with Crippen LogP contribution in [0.15, 0.2) is 0 Å². The molecule has 1 aromatic heterocycles. The molecule has 1 N–H and O–H groups in total. The van der Waals surface area contributed by atoms with Crippen LogP contribution in [0.25, 0.3) is 0 Å². The second-order valence-electron chi connectivity index (χ2n) is 6.04. The first-order chi connectivity index (χ1) is 10.3. The summed E-state index contributed by atoms with van der Waals surface area (Å²) in [6, 6.07) is 0. The Labute approximate surface area is 135 Å². The first-order valence-electron chi connectivity index (χ1n) is 7.54. The normalized spacial score (nSPS) is 21.9. The van der Waals surface area contributed by atoms with Crippen molar-refractivity contribution in [1.82, 2.24) is 14.7 Å². The van der Waals surface area contributed by atoms with Gasteiger partial charge in [0.05, 0.1) is 16.1 Å². The standard InChI is InChI=1S/C15H22ClN3O3/c1-4-6-15(14(21)22)7-5-8-19(9-15)13(20)12-11(16)10(2)18(3)17-12/h4-9H2,1-3H3,(H,21,22)/t15-/m0/s1.